The second-order valence-electron chi connectivity index (χ2n) is 5.35. The molecule has 0 radical (unpaired) electrons. The van der Waals surface area contributed by atoms with Gasteiger partial charge in [0.25, 0.3) is 0 Å². The number of hydrogen-bond donors (Lipinski definition) is 0. The van der Waals surface area contributed by atoms with Crippen LogP contribution < -0.4 is 14.4 Å². The lowest BCUT2D eigenvalue weighted by Crippen LogP contribution is -2.29. The summed E-state index contributed by atoms with van der Waals surface area (Å²) in [5.74, 6) is 1.71. The second kappa shape index (κ2) is 6.57. The van der Waals surface area contributed by atoms with Gasteiger partial charge >= 0.3 is 0 Å². The number of ketones is 1. The standard InChI is InChI=1S/C19H19NO3/c1-22-16-9-7-14(8-10-16)20-12-11-15(21)13-18(20)17-5-3-4-6-19(17)23-2/h3-12,18H,13H2,1-2H3/t18-/m0/s1. The Morgan fingerprint density at radius 2 is 1.74 bits per heavy atom. The summed E-state index contributed by atoms with van der Waals surface area (Å²) in [4.78, 5) is 14.0. The van der Waals surface area contributed by atoms with Crippen molar-refractivity contribution in [2.24, 2.45) is 0 Å². The molecule has 118 valence electrons. The molecule has 23 heavy (non-hydrogen) atoms. The Bertz CT molecular complexity index is 722. The highest BCUT2D eigenvalue weighted by Crippen LogP contribution is 2.37. The van der Waals surface area contributed by atoms with Gasteiger partial charge in [0.1, 0.15) is 11.5 Å². The minimum absolute atomic E-state index is 0.0861. The van der Waals surface area contributed by atoms with Crippen LogP contribution in [0.25, 0.3) is 0 Å². The topological polar surface area (TPSA) is 38.8 Å². The number of ether oxygens (including phenoxy) is 2. The molecule has 0 fully saturated rings. The molecule has 2 aromatic carbocycles. The van der Waals surface area contributed by atoms with E-state index < -0.39 is 0 Å². The van der Waals surface area contributed by atoms with Crippen LogP contribution in [0, 0.1) is 0 Å². The molecule has 1 aliphatic heterocycles. The van der Waals surface area contributed by atoms with E-state index in [0.29, 0.717) is 6.42 Å². The summed E-state index contributed by atoms with van der Waals surface area (Å²) in [6.45, 7) is 0. The molecule has 0 amide bonds. The van der Waals surface area contributed by atoms with Crippen molar-refractivity contribution in [2.45, 2.75) is 12.5 Å². The number of benzene rings is 2. The minimum atomic E-state index is -0.0861. The van der Waals surface area contributed by atoms with Gasteiger partial charge in [-0.25, -0.2) is 0 Å². The zero-order valence-corrected chi connectivity index (χ0v) is 13.2. The molecule has 0 aromatic heterocycles. The van der Waals surface area contributed by atoms with Crippen molar-refractivity contribution >= 4 is 11.5 Å². The number of rotatable bonds is 4. The van der Waals surface area contributed by atoms with Gasteiger partial charge in [-0.2, -0.15) is 0 Å². The summed E-state index contributed by atoms with van der Waals surface area (Å²) >= 11 is 0. The summed E-state index contributed by atoms with van der Waals surface area (Å²) in [6, 6.07) is 15.5. The van der Waals surface area contributed by atoms with Gasteiger partial charge in [-0.1, -0.05) is 18.2 Å². The van der Waals surface area contributed by atoms with Crippen LogP contribution in [0.3, 0.4) is 0 Å². The number of anilines is 1. The lowest BCUT2D eigenvalue weighted by Gasteiger charge is -2.34. The zero-order valence-electron chi connectivity index (χ0n) is 13.2. The van der Waals surface area contributed by atoms with Crippen LogP contribution in [0.1, 0.15) is 18.0 Å². The van der Waals surface area contributed by atoms with E-state index in [0.717, 1.165) is 22.7 Å². The van der Waals surface area contributed by atoms with Gasteiger partial charge in [0.15, 0.2) is 5.78 Å². The second-order valence-corrected chi connectivity index (χ2v) is 5.35. The first-order valence-corrected chi connectivity index (χ1v) is 7.49. The minimum Gasteiger partial charge on any atom is -0.497 e. The molecule has 0 saturated heterocycles. The van der Waals surface area contributed by atoms with E-state index >= 15 is 0 Å². The summed E-state index contributed by atoms with van der Waals surface area (Å²) in [7, 11) is 3.29. The number of carbonyl (C=O) groups excluding carboxylic acids is 1. The average Bonchev–Trinajstić information content (AvgIpc) is 2.61. The van der Waals surface area contributed by atoms with E-state index in [9.17, 15) is 4.79 Å². The SMILES string of the molecule is COc1ccc(N2C=CC(=O)C[C@H]2c2ccccc2OC)cc1. The third-order valence-corrected chi connectivity index (χ3v) is 4.02. The van der Waals surface area contributed by atoms with Gasteiger partial charge in [0.05, 0.1) is 20.3 Å². The van der Waals surface area contributed by atoms with Crippen molar-refractivity contribution in [3.8, 4) is 11.5 Å². The van der Waals surface area contributed by atoms with Crippen molar-refractivity contribution < 1.29 is 14.3 Å². The monoisotopic (exact) mass is 309 g/mol. The number of carbonyl (C=O) groups is 1. The van der Waals surface area contributed by atoms with E-state index in [1.54, 1.807) is 20.3 Å². The van der Waals surface area contributed by atoms with Gasteiger partial charge in [-0.3, -0.25) is 4.79 Å². The van der Waals surface area contributed by atoms with Gasteiger partial charge in [0, 0.05) is 23.9 Å². The van der Waals surface area contributed by atoms with Crippen LogP contribution in [-0.2, 0) is 4.79 Å². The lowest BCUT2D eigenvalue weighted by atomic mass is 9.96. The predicted octanol–water partition coefficient (Wildman–Crippen LogP) is 3.74. The van der Waals surface area contributed by atoms with Crippen LogP contribution in [0.5, 0.6) is 11.5 Å². The van der Waals surface area contributed by atoms with E-state index in [2.05, 4.69) is 4.90 Å². The maximum Gasteiger partial charge on any atom is 0.159 e. The average molecular weight is 309 g/mol. The van der Waals surface area contributed by atoms with Crippen LogP contribution in [0.4, 0.5) is 5.69 Å². The summed E-state index contributed by atoms with van der Waals surface area (Å²) in [5, 5.41) is 0. The Labute approximate surface area is 135 Å². The number of nitrogens with zero attached hydrogens (tertiary/aromatic N) is 1. The van der Waals surface area contributed by atoms with Gasteiger partial charge in [-0.05, 0) is 36.4 Å². The summed E-state index contributed by atoms with van der Waals surface area (Å²) in [6.07, 6.45) is 3.88. The Hall–Kier alpha value is -2.75. The predicted molar refractivity (Wildman–Crippen MR) is 90.0 cm³/mol. The molecule has 0 saturated carbocycles. The smallest absolute Gasteiger partial charge is 0.159 e. The van der Waals surface area contributed by atoms with E-state index in [4.69, 9.17) is 9.47 Å². The maximum atomic E-state index is 11.9. The Kier molecular flexibility index (Phi) is 4.33. The number of para-hydroxylation sites is 1. The molecule has 0 aliphatic carbocycles. The molecular formula is C19H19NO3. The molecule has 0 spiro atoms. The molecule has 3 rings (SSSR count). The molecule has 0 N–H and O–H groups in total. The molecule has 4 heteroatoms. The molecular weight excluding hydrogens is 290 g/mol. The molecule has 2 aromatic rings. The van der Waals surface area contributed by atoms with Crippen molar-refractivity contribution in [2.75, 3.05) is 19.1 Å². The molecule has 1 atom stereocenters. The number of hydrogen-bond acceptors (Lipinski definition) is 4. The Morgan fingerprint density at radius 3 is 2.43 bits per heavy atom. The lowest BCUT2D eigenvalue weighted by molar-refractivity contribution is -0.115. The van der Waals surface area contributed by atoms with Crippen molar-refractivity contribution in [3.05, 3.63) is 66.4 Å². The van der Waals surface area contributed by atoms with Crippen molar-refractivity contribution in [1.29, 1.82) is 0 Å². The summed E-state index contributed by atoms with van der Waals surface area (Å²) < 4.78 is 10.7. The van der Waals surface area contributed by atoms with Crippen LogP contribution in [0.15, 0.2) is 60.8 Å². The number of methoxy groups -OCH3 is 2. The van der Waals surface area contributed by atoms with Crippen LogP contribution in [-0.4, -0.2) is 20.0 Å². The van der Waals surface area contributed by atoms with Crippen LogP contribution >= 0.6 is 0 Å². The fraction of sp³-hybridized carbons (Fsp3) is 0.211. The number of allylic oxidation sites excluding steroid dienone is 1. The molecule has 1 aliphatic rings. The first kappa shape index (κ1) is 15.2. The highest BCUT2D eigenvalue weighted by molar-refractivity contribution is 5.92. The molecule has 4 nitrogen and oxygen atoms in total. The molecule has 0 unspecified atom stereocenters. The van der Waals surface area contributed by atoms with Crippen molar-refractivity contribution in [1.82, 2.24) is 0 Å². The summed E-state index contributed by atoms with van der Waals surface area (Å²) in [5.41, 5.74) is 2.01. The van der Waals surface area contributed by atoms with Gasteiger partial charge in [-0.15, -0.1) is 0 Å². The van der Waals surface area contributed by atoms with Crippen LogP contribution in [0.2, 0.25) is 0 Å². The first-order chi connectivity index (χ1) is 11.2. The molecule has 1 heterocycles. The fourth-order valence-electron chi connectivity index (χ4n) is 2.85. The highest BCUT2D eigenvalue weighted by Gasteiger charge is 2.27. The van der Waals surface area contributed by atoms with E-state index in [1.165, 1.54) is 0 Å². The van der Waals surface area contributed by atoms with Crippen molar-refractivity contribution in [3.63, 3.8) is 0 Å². The zero-order chi connectivity index (χ0) is 16.2. The van der Waals surface area contributed by atoms with E-state index in [-0.39, 0.29) is 11.8 Å². The molecule has 0 bridgehead atoms. The fourth-order valence-corrected chi connectivity index (χ4v) is 2.85. The Balaban J connectivity index is 2.01. The first-order valence-electron chi connectivity index (χ1n) is 7.49. The Morgan fingerprint density at radius 1 is 1.00 bits per heavy atom. The third kappa shape index (κ3) is 3.06. The maximum absolute atomic E-state index is 11.9. The van der Waals surface area contributed by atoms with E-state index in [1.807, 2.05) is 54.7 Å². The van der Waals surface area contributed by atoms with Gasteiger partial charge in [0.2, 0.25) is 0 Å². The third-order valence-electron chi connectivity index (χ3n) is 4.02. The normalized spacial score (nSPS) is 17.2. The highest BCUT2D eigenvalue weighted by atomic mass is 16.5. The largest absolute Gasteiger partial charge is 0.497 e. The quantitative estimate of drug-likeness (QED) is 0.862. The van der Waals surface area contributed by atoms with Gasteiger partial charge < -0.3 is 14.4 Å².